The quantitative estimate of drug-likeness (QED) is 0.426. The highest BCUT2D eigenvalue weighted by molar-refractivity contribution is 6.33. The van der Waals surface area contributed by atoms with Gasteiger partial charge in [0.2, 0.25) is 0 Å². The van der Waals surface area contributed by atoms with Crippen molar-refractivity contribution in [2.75, 3.05) is 0 Å². The number of carbonyl (C=O) groups excluding carboxylic acids is 3. The fourth-order valence-corrected chi connectivity index (χ4v) is 3.55. The summed E-state index contributed by atoms with van der Waals surface area (Å²) in [6.07, 6.45) is 0.361. The molecule has 3 aromatic rings. The van der Waals surface area contributed by atoms with Crippen LogP contribution in [0.3, 0.4) is 0 Å². The lowest BCUT2D eigenvalue weighted by molar-refractivity contribution is -0.124. The predicted octanol–water partition coefficient (Wildman–Crippen LogP) is 3.40. The molecular weight excluding hydrogens is 430 g/mol. The topological polar surface area (TPSA) is 126 Å². The maximum atomic E-state index is 13.0. The van der Waals surface area contributed by atoms with Crippen LogP contribution in [0.4, 0.5) is 4.79 Å². The Bertz CT molecular complexity index is 1170. The summed E-state index contributed by atoms with van der Waals surface area (Å²) in [5, 5.41) is 3.51. The summed E-state index contributed by atoms with van der Waals surface area (Å²) in [7, 11) is 0. The molecule has 4 amide bonds. The van der Waals surface area contributed by atoms with Gasteiger partial charge in [0.1, 0.15) is 6.04 Å². The van der Waals surface area contributed by atoms with Crippen molar-refractivity contribution < 1.29 is 14.4 Å². The van der Waals surface area contributed by atoms with E-state index in [0.29, 0.717) is 39.2 Å². The van der Waals surface area contributed by atoms with Gasteiger partial charge >= 0.3 is 6.03 Å². The van der Waals surface area contributed by atoms with Gasteiger partial charge in [0.25, 0.3) is 11.8 Å². The van der Waals surface area contributed by atoms with E-state index in [2.05, 4.69) is 21.2 Å². The molecule has 0 aliphatic rings. The molecule has 0 fully saturated rings. The number of nitrogens with two attached hydrogens (primary N) is 1. The van der Waals surface area contributed by atoms with Crippen molar-refractivity contribution in [3.63, 3.8) is 0 Å². The number of primary amides is 1. The molecule has 0 aliphatic carbocycles. The van der Waals surface area contributed by atoms with Gasteiger partial charge in [-0.1, -0.05) is 61.8 Å². The first kappa shape index (κ1) is 23.0. The van der Waals surface area contributed by atoms with Crippen LogP contribution in [-0.2, 0) is 4.79 Å². The number of nitrogens with one attached hydrogen (secondary N) is 3. The van der Waals surface area contributed by atoms with Crippen LogP contribution < -0.4 is 21.9 Å². The summed E-state index contributed by atoms with van der Waals surface area (Å²) in [5.41, 5.74) is 12.1. The average Bonchev–Trinajstić information content (AvgIpc) is 2.75. The van der Waals surface area contributed by atoms with Gasteiger partial charge in [-0.2, -0.15) is 0 Å². The van der Waals surface area contributed by atoms with Crippen molar-refractivity contribution in [2.45, 2.75) is 26.3 Å². The average molecular weight is 454 g/mol. The van der Waals surface area contributed by atoms with Gasteiger partial charge in [-0.3, -0.25) is 20.4 Å². The number of hydrogen-bond donors (Lipinski definition) is 4. The fraction of sp³-hybridized carbons (Fsp3) is 0.217. The number of amides is 4. The molecule has 1 aromatic heterocycles. The van der Waals surface area contributed by atoms with Crippen molar-refractivity contribution in [2.24, 2.45) is 11.7 Å². The number of aromatic nitrogens is 1. The molecule has 5 N–H and O–H groups in total. The standard InChI is InChI=1S/C23H24ClN5O3/c1-13(2)11-20(27-23(25)32)22(31)29-28-21(30)16-12-19(15-8-3-5-9-17(15)24)26-18-10-6-4-7-14(16)18/h3-10,12-13,20H,11H2,1-2H3,(H,28,30)(H,29,31)(H3,25,27,32). The third kappa shape index (κ3) is 5.53. The zero-order valence-electron chi connectivity index (χ0n) is 17.7. The fourth-order valence-electron chi connectivity index (χ4n) is 3.32. The highest BCUT2D eigenvalue weighted by atomic mass is 35.5. The van der Waals surface area contributed by atoms with Gasteiger partial charge in [-0.25, -0.2) is 9.78 Å². The minimum atomic E-state index is -0.874. The second-order valence-electron chi connectivity index (χ2n) is 7.69. The lowest BCUT2D eigenvalue weighted by Crippen LogP contribution is -2.53. The number of benzene rings is 2. The molecule has 166 valence electrons. The number of rotatable bonds is 6. The SMILES string of the molecule is CC(C)CC(NC(N)=O)C(=O)NNC(=O)c1cc(-c2ccccc2Cl)nc2ccccc12. The molecule has 0 saturated carbocycles. The van der Waals surface area contributed by atoms with Gasteiger partial charge in [0.05, 0.1) is 16.8 Å². The minimum absolute atomic E-state index is 0.121. The Morgan fingerprint density at radius 2 is 1.72 bits per heavy atom. The largest absolute Gasteiger partial charge is 0.352 e. The molecular formula is C23H24ClN5O3. The third-order valence-electron chi connectivity index (χ3n) is 4.75. The van der Waals surface area contributed by atoms with Crippen LogP contribution in [0.25, 0.3) is 22.2 Å². The van der Waals surface area contributed by atoms with Crippen molar-refractivity contribution in [1.82, 2.24) is 21.2 Å². The first-order chi connectivity index (χ1) is 15.3. The molecule has 0 saturated heterocycles. The molecule has 0 aliphatic heterocycles. The smallest absolute Gasteiger partial charge is 0.312 e. The zero-order chi connectivity index (χ0) is 23.3. The van der Waals surface area contributed by atoms with Crippen LogP contribution >= 0.6 is 11.6 Å². The molecule has 2 aromatic carbocycles. The van der Waals surface area contributed by atoms with Gasteiger partial charge in [-0.15, -0.1) is 0 Å². The van der Waals surface area contributed by atoms with Crippen LogP contribution in [0.1, 0.15) is 30.6 Å². The van der Waals surface area contributed by atoms with E-state index < -0.39 is 23.9 Å². The van der Waals surface area contributed by atoms with E-state index in [4.69, 9.17) is 17.3 Å². The molecule has 1 atom stereocenters. The Kier molecular flexibility index (Phi) is 7.27. The monoisotopic (exact) mass is 453 g/mol. The number of nitrogens with zero attached hydrogens (tertiary/aromatic N) is 1. The number of hydrazine groups is 1. The third-order valence-corrected chi connectivity index (χ3v) is 5.08. The predicted molar refractivity (Wildman–Crippen MR) is 124 cm³/mol. The molecule has 0 radical (unpaired) electrons. The van der Waals surface area contributed by atoms with Crippen molar-refractivity contribution in [1.29, 1.82) is 0 Å². The second kappa shape index (κ2) is 10.1. The van der Waals surface area contributed by atoms with Crippen LogP contribution in [0.2, 0.25) is 5.02 Å². The maximum Gasteiger partial charge on any atom is 0.312 e. The Hall–Kier alpha value is -3.65. The first-order valence-corrected chi connectivity index (χ1v) is 10.4. The van der Waals surface area contributed by atoms with Crippen LogP contribution in [0, 0.1) is 5.92 Å². The summed E-state index contributed by atoms with van der Waals surface area (Å²) in [4.78, 5) is 41.4. The molecule has 1 heterocycles. The lowest BCUT2D eigenvalue weighted by atomic mass is 10.0. The molecule has 32 heavy (non-hydrogen) atoms. The zero-order valence-corrected chi connectivity index (χ0v) is 18.4. The number of urea groups is 1. The Labute approximate surface area is 190 Å². The summed E-state index contributed by atoms with van der Waals surface area (Å²) in [6.45, 7) is 3.81. The molecule has 3 rings (SSSR count). The minimum Gasteiger partial charge on any atom is -0.352 e. The Morgan fingerprint density at radius 1 is 1.03 bits per heavy atom. The van der Waals surface area contributed by atoms with E-state index in [1.54, 1.807) is 30.3 Å². The highest BCUT2D eigenvalue weighted by Gasteiger charge is 2.22. The van der Waals surface area contributed by atoms with Gasteiger partial charge < -0.3 is 11.1 Å². The van der Waals surface area contributed by atoms with E-state index in [9.17, 15) is 14.4 Å². The van der Waals surface area contributed by atoms with E-state index in [1.807, 2.05) is 38.1 Å². The number of fused-ring (bicyclic) bond motifs is 1. The molecule has 1 unspecified atom stereocenters. The molecule has 0 spiro atoms. The number of para-hydroxylation sites is 1. The highest BCUT2D eigenvalue weighted by Crippen LogP contribution is 2.29. The van der Waals surface area contributed by atoms with E-state index >= 15 is 0 Å². The van der Waals surface area contributed by atoms with Crippen molar-refractivity contribution in [3.05, 3.63) is 65.2 Å². The van der Waals surface area contributed by atoms with Gasteiger partial charge in [0, 0.05) is 16.0 Å². The van der Waals surface area contributed by atoms with E-state index in [0.717, 1.165) is 0 Å². The molecule has 8 nitrogen and oxygen atoms in total. The Balaban J connectivity index is 1.88. The lowest BCUT2D eigenvalue weighted by Gasteiger charge is -2.19. The summed E-state index contributed by atoms with van der Waals surface area (Å²) in [6, 6.07) is 14.3. The second-order valence-corrected chi connectivity index (χ2v) is 8.09. The maximum absolute atomic E-state index is 13.0. The van der Waals surface area contributed by atoms with Crippen LogP contribution in [-0.4, -0.2) is 28.9 Å². The van der Waals surface area contributed by atoms with Gasteiger partial charge in [0.15, 0.2) is 0 Å². The number of carbonyl (C=O) groups is 3. The van der Waals surface area contributed by atoms with E-state index in [-0.39, 0.29) is 5.92 Å². The summed E-state index contributed by atoms with van der Waals surface area (Å²) in [5.74, 6) is -0.987. The molecule has 9 heteroatoms. The van der Waals surface area contributed by atoms with E-state index in [1.165, 1.54) is 0 Å². The Morgan fingerprint density at radius 3 is 2.41 bits per heavy atom. The van der Waals surface area contributed by atoms with Crippen molar-refractivity contribution in [3.8, 4) is 11.3 Å². The van der Waals surface area contributed by atoms with Gasteiger partial charge in [-0.05, 0) is 30.5 Å². The number of pyridine rings is 1. The van der Waals surface area contributed by atoms with Crippen molar-refractivity contribution >= 4 is 40.3 Å². The summed E-state index contributed by atoms with van der Waals surface area (Å²) < 4.78 is 0. The van der Waals surface area contributed by atoms with Crippen LogP contribution in [0.15, 0.2) is 54.6 Å². The number of hydrogen-bond acceptors (Lipinski definition) is 4. The van der Waals surface area contributed by atoms with Crippen LogP contribution in [0.5, 0.6) is 0 Å². The molecule has 0 bridgehead atoms. The first-order valence-electron chi connectivity index (χ1n) is 10.1. The number of halogens is 1. The summed E-state index contributed by atoms with van der Waals surface area (Å²) >= 11 is 6.32. The normalized spacial score (nSPS) is 11.8.